The minimum absolute atomic E-state index is 0.0336. The van der Waals surface area contributed by atoms with Crippen LogP contribution in [0.15, 0.2) is 22.7 Å². The Morgan fingerprint density at radius 3 is 2.52 bits per heavy atom. The molecule has 0 heterocycles. The Kier molecular flexibility index (Phi) is 5.57. The number of hydrogen-bond acceptors (Lipinski definition) is 3. The minimum atomic E-state index is -3.52. The van der Waals surface area contributed by atoms with E-state index in [1.54, 1.807) is 12.1 Å². The van der Waals surface area contributed by atoms with Gasteiger partial charge in [0.25, 0.3) is 0 Å². The standard InChI is InChI=1S/C14H19BrClNO3S/c15-11-4-5-13(12(16)8-11)20-9-14(10-21(17,18)19)6-2-1-3-7-14/h4-5,8H,1-3,6-7,9-10H2,(H2,17,18,19). The Morgan fingerprint density at radius 1 is 1.29 bits per heavy atom. The third kappa shape index (κ3) is 5.13. The van der Waals surface area contributed by atoms with E-state index in [2.05, 4.69) is 15.9 Å². The van der Waals surface area contributed by atoms with Crippen molar-refractivity contribution in [2.24, 2.45) is 10.6 Å². The van der Waals surface area contributed by atoms with Crippen LogP contribution in [0.25, 0.3) is 0 Å². The van der Waals surface area contributed by atoms with Crippen molar-refractivity contribution < 1.29 is 13.2 Å². The van der Waals surface area contributed by atoms with Gasteiger partial charge in [-0.2, -0.15) is 0 Å². The van der Waals surface area contributed by atoms with Gasteiger partial charge in [0.15, 0.2) is 0 Å². The van der Waals surface area contributed by atoms with Gasteiger partial charge in [-0.1, -0.05) is 46.8 Å². The first-order valence-electron chi connectivity index (χ1n) is 6.88. The highest BCUT2D eigenvalue weighted by atomic mass is 79.9. The van der Waals surface area contributed by atoms with Gasteiger partial charge in [-0.05, 0) is 31.0 Å². The van der Waals surface area contributed by atoms with Gasteiger partial charge in [0, 0.05) is 9.89 Å². The number of hydrogen-bond donors (Lipinski definition) is 1. The summed E-state index contributed by atoms with van der Waals surface area (Å²) in [6.07, 6.45) is 4.78. The summed E-state index contributed by atoms with van der Waals surface area (Å²) < 4.78 is 29.7. The van der Waals surface area contributed by atoms with E-state index >= 15 is 0 Å². The second-order valence-corrected chi connectivity index (χ2v) is 8.67. The summed E-state index contributed by atoms with van der Waals surface area (Å²) in [5.41, 5.74) is -0.401. The Balaban J connectivity index is 2.12. The van der Waals surface area contributed by atoms with Crippen LogP contribution < -0.4 is 9.88 Å². The highest BCUT2D eigenvalue weighted by Crippen LogP contribution is 2.38. The average Bonchev–Trinajstić information content (AvgIpc) is 2.37. The largest absolute Gasteiger partial charge is 0.491 e. The van der Waals surface area contributed by atoms with Crippen LogP contribution in [0, 0.1) is 5.41 Å². The van der Waals surface area contributed by atoms with Crippen molar-refractivity contribution in [3.8, 4) is 5.75 Å². The molecule has 0 atom stereocenters. The zero-order valence-electron chi connectivity index (χ0n) is 11.6. The quantitative estimate of drug-likeness (QED) is 0.824. The zero-order chi connectivity index (χ0) is 15.5. The van der Waals surface area contributed by atoms with E-state index in [-0.39, 0.29) is 5.75 Å². The molecule has 21 heavy (non-hydrogen) atoms. The molecule has 0 bridgehead atoms. The second kappa shape index (κ2) is 6.86. The maximum absolute atomic E-state index is 11.5. The molecule has 1 aromatic carbocycles. The van der Waals surface area contributed by atoms with E-state index in [9.17, 15) is 8.42 Å². The lowest BCUT2D eigenvalue weighted by molar-refractivity contribution is 0.119. The fourth-order valence-corrected chi connectivity index (χ4v) is 4.84. The molecule has 0 unspecified atom stereocenters. The van der Waals surface area contributed by atoms with Gasteiger partial charge in [-0.3, -0.25) is 0 Å². The van der Waals surface area contributed by atoms with Gasteiger partial charge in [-0.15, -0.1) is 0 Å². The topological polar surface area (TPSA) is 69.4 Å². The molecule has 0 aliphatic heterocycles. The maximum Gasteiger partial charge on any atom is 0.209 e. The van der Waals surface area contributed by atoms with Crippen LogP contribution in [0.3, 0.4) is 0 Å². The SMILES string of the molecule is NS(=O)(=O)CC1(COc2ccc(Br)cc2Cl)CCCCC1. The lowest BCUT2D eigenvalue weighted by atomic mass is 9.76. The summed E-state index contributed by atoms with van der Waals surface area (Å²) in [6.45, 7) is 0.324. The molecule has 2 rings (SSSR count). The van der Waals surface area contributed by atoms with Gasteiger partial charge in [-0.25, -0.2) is 13.6 Å². The highest BCUT2D eigenvalue weighted by Gasteiger charge is 2.36. The van der Waals surface area contributed by atoms with Crippen LogP contribution in [0.2, 0.25) is 5.02 Å². The van der Waals surface area contributed by atoms with Crippen LogP contribution in [-0.2, 0) is 10.0 Å². The number of sulfonamides is 1. The molecular weight excluding hydrogens is 378 g/mol. The average molecular weight is 397 g/mol. The molecule has 1 aliphatic carbocycles. The van der Waals surface area contributed by atoms with E-state index in [4.69, 9.17) is 21.5 Å². The molecule has 0 saturated heterocycles. The van der Waals surface area contributed by atoms with Crippen LogP contribution in [0.4, 0.5) is 0 Å². The molecular formula is C14H19BrClNO3S. The second-order valence-electron chi connectivity index (χ2n) is 5.73. The monoisotopic (exact) mass is 395 g/mol. The zero-order valence-corrected chi connectivity index (χ0v) is 14.8. The molecule has 2 N–H and O–H groups in total. The number of rotatable bonds is 5. The van der Waals surface area contributed by atoms with Crippen molar-refractivity contribution in [2.75, 3.05) is 12.4 Å². The molecule has 0 amide bonds. The van der Waals surface area contributed by atoms with E-state index < -0.39 is 15.4 Å². The first-order valence-corrected chi connectivity index (χ1v) is 9.77. The van der Waals surface area contributed by atoms with Gasteiger partial charge in [0.05, 0.1) is 17.4 Å². The lowest BCUT2D eigenvalue weighted by Gasteiger charge is -2.36. The maximum atomic E-state index is 11.5. The van der Waals surface area contributed by atoms with Crippen LogP contribution in [0.1, 0.15) is 32.1 Å². The van der Waals surface area contributed by atoms with Crippen molar-refractivity contribution >= 4 is 37.6 Å². The lowest BCUT2D eigenvalue weighted by Crippen LogP contribution is -2.40. The van der Waals surface area contributed by atoms with E-state index in [1.165, 1.54) is 0 Å². The normalized spacial score (nSPS) is 18.4. The predicted octanol–water partition coefficient (Wildman–Crippen LogP) is 3.72. The molecule has 0 radical (unpaired) electrons. The first-order chi connectivity index (χ1) is 9.80. The molecule has 1 aromatic rings. The van der Waals surface area contributed by atoms with Gasteiger partial charge >= 0.3 is 0 Å². The summed E-state index contributed by atoms with van der Waals surface area (Å²) in [6, 6.07) is 5.37. The summed E-state index contributed by atoms with van der Waals surface area (Å²) >= 11 is 9.47. The molecule has 1 aliphatic rings. The Bertz CT molecular complexity index is 600. The Labute approximate surface area is 139 Å². The van der Waals surface area contributed by atoms with Crippen molar-refractivity contribution in [3.05, 3.63) is 27.7 Å². The number of nitrogens with two attached hydrogens (primary N) is 1. The molecule has 4 nitrogen and oxygen atoms in total. The molecule has 7 heteroatoms. The number of halogens is 2. The molecule has 1 fully saturated rings. The van der Waals surface area contributed by atoms with Crippen molar-refractivity contribution in [2.45, 2.75) is 32.1 Å². The van der Waals surface area contributed by atoms with Crippen molar-refractivity contribution in [1.82, 2.24) is 0 Å². The Morgan fingerprint density at radius 2 is 1.95 bits per heavy atom. The number of ether oxygens (including phenoxy) is 1. The van der Waals surface area contributed by atoms with Crippen LogP contribution >= 0.6 is 27.5 Å². The predicted molar refractivity (Wildman–Crippen MR) is 88.1 cm³/mol. The van der Waals surface area contributed by atoms with Gasteiger partial charge in [0.2, 0.25) is 10.0 Å². The third-order valence-electron chi connectivity index (χ3n) is 3.85. The third-order valence-corrected chi connectivity index (χ3v) is 5.65. The summed E-state index contributed by atoms with van der Waals surface area (Å²) in [7, 11) is -3.52. The van der Waals surface area contributed by atoms with E-state index in [0.29, 0.717) is 17.4 Å². The molecule has 1 saturated carbocycles. The number of primary sulfonamides is 1. The minimum Gasteiger partial charge on any atom is -0.491 e. The number of benzene rings is 1. The highest BCUT2D eigenvalue weighted by molar-refractivity contribution is 9.10. The fraction of sp³-hybridized carbons (Fsp3) is 0.571. The van der Waals surface area contributed by atoms with E-state index in [0.717, 1.165) is 36.6 Å². The van der Waals surface area contributed by atoms with Crippen LogP contribution in [-0.4, -0.2) is 20.8 Å². The van der Waals surface area contributed by atoms with Crippen LogP contribution in [0.5, 0.6) is 5.75 Å². The summed E-state index contributed by atoms with van der Waals surface area (Å²) in [5.74, 6) is 0.535. The summed E-state index contributed by atoms with van der Waals surface area (Å²) in [5, 5.41) is 5.76. The Hall–Kier alpha value is -0.300. The molecule has 0 spiro atoms. The smallest absolute Gasteiger partial charge is 0.209 e. The van der Waals surface area contributed by atoms with Crippen molar-refractivity contribution in [3.63, 3.8) is 0 Å². The van der Waals surface area contributed by atoms with Crippen molar-refractivity contribution in [1.29, 1.82) is 0 Å². The molecule has 118 valence electrons. The fourth-order valence-electron chi connectivity index (χ4n) is 2.88. The van der Waals surface area contributed by atoms with Gasteiger partial charge in [0.1, 0.15) is 5.75 Å². The van der Waals surface area contributed by atoms with E-state index in [1.807, 2.05) is 6.07 Å². The summed E-state index contributed by atoms with van der Waals surface area (Å²) in [4.78, 5) is 0. The van der Waals surface area contributed by atoms with Gasteiger partial charge < -0.3 is 4.74 Å². The first kappa shape index (κ1) is 17.1. The molecule has 0 aromatic heterocycles.